The molecule has 0 fully saturated rings. The number of nitrogens with zero attached hydrogens (tertiary/aromatic N) is 2. The zero-order chi connectivity index (χ0) is 13.2. The van der Waals surface area contributed by atoms with Crippen molar-refractivity contribution in [2.24, 2.45) is 0 Å². The molecule has 0 radical (unpaired) electrons. The van der Waals surface area contributed by atoms with Crippen LogP contribution in [0.3, 0.4) is 0 Å². The van der Waals surface area contributed by atoms with Gasteiger partial charge in [0.15, 0.2) is 11.8 Å². The molecule has 1 aromatic heterocycles. The quantitative estimate of drug-likeness (QED) is 0.619. The van der Waals surface area contributed by atoms with Crippen molar-refractivity contribution >= 4 is 11.0 Å². The summed E-state index contributed by atoms with van der Waals surface area (Å²) in [6, 6.07) is 16.4. The van der Waals surface area contributed by atoms with E-state index in [9.17, 15) is 4.79 Å². The summed E-state index contributed by atoms with van der Waals surface area (Å²) in [5.74, 6) is -0.513. The first-order valence-corrected chi connectivity index (χ1v) is 5.73. The lowest BCUT2D eigenvalue weighted by atomic mass is 10.2. The maximum atomic E-state index is 12.0. The third-order valence-electron chi connectivity index (χ3n) is 2.85. The molecule has 90 valence electrons. The molecule has 4 heteroatoms. The highest BCUT2D eigenvalue weighted by Gasteiger charge is 2.16. The number of nitriles is 1. The Morgan fingerprint density at radius 1 is 1.05 bits per heavy atom. The van der Waals surface area contributed by atoms with Gasteiger partial charge in [-0.3, -0.25) is 0 Å². The molecule has 3 rings (SSSR count). The average Bonchev–Trinajstić information content (AvgIpc) is 2.47. The van der Waals surface area contributed by atoms with E-state index in [1.807, 2.05) is 36.4 Å². The van der Waals surface area contributed by atoms with E-state index in [0.717, 1.165) is 5.69 Å². The van der Waals surface area contributed by atoms with Gasteiger partial charge in [-0.25, -0.2) is 0 Å². The standard InChI is InChI=1S/C15H9N2O2/c16-9-11-5-4-6-12-10-17(15(18)19-14(11)12)13-7-2-1-3-8-13/h1-8,10H/q+1. The number of hydrogen-bond donors (Lipinski definition) is 0. The molecule has 0 saturated heterocycles. The second kappa shape index (κ2) is 4.39. The topological polar surface area (TPSA) is 57.9 Å². The van der Waals surface area contributed by atoms with Crippen LogP contribution in [-0.4, -0.2) is 0 Å². The van der Waals surface area contributed by atoms with Crippen molar-refractivity contribution in [3.8, 4) is 11.8 Å². The number of hydrogen-bond acceptors (Lipinski definition) is 3. The Morgan fingerprint density at radius 3 is 2.58 bits per heavy atom. The van der Waals surface area contributed by atoms with Crippen molar-refractivity contribution in [2.45, 2.75) is 0 Å². The molecule has 19 heavy (non-hydrogen) atoms. The lowest BCUT2D eigenvalue weighted by molar-refractivity contribution is -0.623. The lowest BCUT2D eigenvalue weighted by Crippen LogP contribution is -2.46. The van der Waals surface area contributed by atoms with Gasteiger partial charge in [0.2, 0.25) is 5.69 Å². The first-order valence-electron chi connectivity index (χ1n) is 5.73. The summed E-state index contributed by atoms with van der Waals surface area (Å²) in [6.45, 7) is 0. The number of aromatic nitrogens is 1. The van der Waals surface area contributed by atoms with E-state index in [1.54, 1.807) is 24.4 Å². The Bertz CT molecular complexity index is 845. The predicted octanol–water partition coefficient (Wildman–Crippen LogP) is 1.94. The molecule has 0 aliphatic carbocycles. The van der Waals surface area contributed by atoms with Crippen molar-refractivity contribution < 1.29 is 8.98 Å². The van der Waals surface area contributed by atoms with Gasteiger partial charge in [0.25, 0.3) is 0 Å². The van der Waals surface area contributed by atoms with Crippen LogP contribution in [0.2, 0.25) is 0 Å². The van der Waals surface area contributed by atoms with Crippen LogP contribution in [0.15, 0.2) is 63.9 Å². The van der Waals surface area contributed by atoms with Crippen LogP contribution >= 0.6 is 0 Å². The molecule has 0 aliphatic rings. The van der Waals surface area contributed by atoms with Gasteiger partial charge in [0.1, 0.15) is 6.07 Å². The minimum atomic E-state index is -0.513. The van der Waals surface area contributed by atoms with E-state index in [0.29, 0.717) is 16.5 Å². The first kappa shape index (κ1) is 11.2. The van der Waals surface area contributed by atoms with Crippen molar-refractivity contribution in [2.75, 3.05) is 0 Å². The fourth-order valence-corrected chi connectivity index (χ4v) is 1.96. The molecule has 0 spiro atoms. The molecule has 0 bridgehead atoms. The third kappa shape index (κ3) is 1.87. The lowest BCUT2D eigenvalue weighted by Gasteiger charge is -1.97. The average molecular weight is 249 g/mol. The van der Waals surface area contributed by atoms with Gasteiger partial charge in [-0.1, -0.05) is 28.8 Å². The van der Waals surface area contributed by atoms with Crippen LogP contribution in [0.5, 0.6) is 0 Å². The summed E-state index contributed by atoms with van der Waals surface area (Å²) in [4.78, 5) is 12.0. The van der Waals surface area contributed by atoms with Gasteiger partial charge >= 0.3 is 5.76 Å². The van der Waals surface area contributed by atoms with Crippen molar-refractivity contribution in [1.82, 2.24) is 0 Å². The van der Waals surface area contributed by atoms with Gasteiger partial charge in [-0.2, -0.15) is 10.1 Å². The van der Waals surface area contributed by atoms with E-state index in [-0.39, 0.29) is 0 Å². The second-order valence-electron chi connectivity index (χ2n) is 4.04. The van der Waals surface area contributed by atoms with Crippen LogP contribution < -0.4 is 10.3 Å². The zero-order valence-electron chi connectivity index (χ0n) is 9.91. The molecule has 0 N–H and O–H groups in total. The number of benzene rings is 2. The van der Waals surface area contributed by atoms with Crippen LogP contribution in [0.4, 0.5) is 0 Å². The van der Waals surface area contributed by atoms with Crippen LogP contribution in [0, 0.1) is 11.3 Å². The molecule has 0 saturated carbocycles. The SMILES string of the molecule is N#Cc1cccc2c[n+](-c3ccccc3)c(=O)oc12. The molecule has 3 aromatic rings. The summed E-state index contributed by atoms with van der Waals surface area (Å²) < 4.78 is 6.67. The van der Waals surface area contributed by atoms with Gasteiger partial charge in [0, 0.05) is 12.1 Å². The predicted molar refractivity (Wildman–Crippen MR) is 68.7 cm³/mol. The van der Waals surface area contributed by atoms with Crippen molar-refractivity contribution in [3.63, 3.8) is 0 Å². The van der Waals surface area contributed by atoms with Gasteiger partial charge < -0.3 is 4.42 Å². The molecule has 2 aromatic carbocycles. The Morgan fingerprint density at radius 2 is 1.84 bits per heavy atom. The highest BCUT2D eigenvalue weighted by atomic mass is 16.4. The monoisotopic (exact) mass is 249 g/mol. The van der Waals surface area contributed by atoms with E-state index in [1.165, 1.54) is 4.57 Å². The number of para-hydroxylation sites is 2. The highest BCUT2D eigenvalue weighted by molar-refractivity contribution is 5.80. The van der Waals surface area contributed by atoms with Crippen molar-refractivity contribution in [1.29, 1.82) is 5.26 Å². The molecule has 4 nitrogen and oxygen atoms in total. The Labute approximate surface area is 108 Å². The van der Waals surface area contributed by atoms with Gasteiger partial charge in [0.05, 0.1) is 10.9 Å². The van der Waals surface area contributed by atoms with E-state index in [2.05, 4.69) is 0 Å². The normalized spacial score (nSPS) is 10.3. The van der Waals surface area contributed by atoms with Crippen LogP contribution in [0.25, 0.3) is 16.7 Å². The van der Waals surface area contributed by atoms with Crippen LogP contribution in [-0.2, 0) is 0 Å². The van der Waals surface area contributed by atoms with Crippen molar-refractivity contribution in [3.05, 3.63) is 70.8 Å². The Kier molecular flexibility index (Phi) is 2.58. The smallest absolute Gasteiger partial charge is 0.370 e. The zero-order valence-corrected chi connectivity index (χ0v) is 9.91. The summed E-state index contributed by atoms with van der Waals surface area (Å²) in [6.07, 6.45) is 1.68. The second-order valence-corrected chi connectivity index (χ2v) is 4.04. The summed E-state index contributed by atoms with van der Waals surface area (Å²) in [7, 11) is 0. The first-order chi connectivity index (χ1) is 9.29. The highest BCUT2D eigenvalue weighted by Crippen LogP contribution is 2.14. The van der Waals surface area contributed by atoms with E-state index < -0.39 is 5.76 Å². The Balaban J connectivity index is 2.34. The molecule has 0 atom stereocenters. The molecule has 0 unspecified atom stereocenters. The minimum Gasteiger partial charge on any atom is -0.370 e. The maximum Gasteiger partial charge on any atom is 0.608 e. The van der Waals surface area contributed by atoms with E-state index >= 15 is 0 Å². The fraction of sp³-hybridized carbons (Fsp3) is 0. The molecule has 1 heterocycles. The van der Waals surface area contributed by atoms with E-state index in [4.69, 9.17) is 9.68 Å². The molecule has 0 aliphatic heterocycles. The minimum absolute atomic E-state index is 0.321. The third-order valence-corrected chi connectivity index (χ3v) is 2.85. The molecular formula is C15H9N2O2+. The van der Waals surface area contributed by atoms with Crippen LogP contribution in [0.1, 0.15) is 5.56 Å². The van der Waals surface area contributed by atoms with Gasteiger partial charge in [-0.05, 0) is 12.1 Å². The summed E-state index contributed by atoms with van der Waals surface area (Å²) in [5.41, 5.74) is 1.40. The Hall–Kier alpha value is -2.93. The van der Waals surface area contributed by atoms with Gasteiger partial charge in [-0.15, -0.1) is 0 Å². The summed E-state index contributed by atoms with van der Waals surface area (Å²) in [5, 5.41) is 9.70. The molecule has 0 amide bonds. The maximum absolute atomic E-state index is 12.0. The molecular weight excluding hydrogens is 240 g/mol. The number of fused-ring (bicyclic) bond motifs is 1. The fourth-order valence-electron chi connectivity index (χ4n) is 1.96. The summed E-state index contributed by atoms with van der Waals surface area (Å²) >= 11 is 0. The number of rotatable bonds is 1. The largest absolute Gasteiger partial charge is 0.608 e.